The van der Waals surface area contributed by atoms with Crippen LogP contribution in [-0.4, -0.2) is 25.8 Å². The first-order valence-corrected chi connectivity index (χ1v) is 5.73. The van der Waals surface area contributed by atoms with Crippen molar-refractivity contribution >= 4 is 34.9 Å². The first kappa shape index (κ1) is 14.5. The number of ether oxygens (including phenoxy) is 1. The molecule has 0 aromatic heterocycles. The molecule has 0 unspecified atom stereocenters. The molecule has 6 heteroatoms. The van der Waals surface area contributed by atoms with Gasteiger partial charge >= 0.3 is 5.97 Å². The van der Waals surface area contributed by atoms with Gasteiger partial charge in [-0.15, -0.1) is 0 Å². The van der Waals surface area contributed by atoms with Gasteiger partial charge in [0.15, 0.2) is 0 Å². The zero-order valence-corrected chi connectivity index (χ0v) is 11.4. The molecule has 0 aliphatic carbocycles. The summed E-state index contributed by atoms with van der Waals surface area (Å²) in [6.45, 7) is 0. The fourth-order valence-electron chi connectivity index (χ4n) is 1.26. The number of nitrogens with zero attached hydrogens (tertiary/aromatic N) is 1. The van der Waals surface area contributed by atoms with E-state index in [0.717, 1.165) is 0 Å². The number of aliphatic imine (C=N–C) groups is 1. The van der Waals surface area contributed by atoms with Crippen molar-refractivity contribution in [3.8, 4) is 0 Å². The summed E-state index contributed by atoms with van der Waals surface area (Å²) < 4.78 is 4.50. The maximum atomic E-state index is 11.2. The molecular formula is C12H12Cl2N2O2. The van der Waals surface area contributed by atoms with E-state index in [4.69, 9.17) is 28.9 Å². The fraction of sp³-hybridized carbons (Fsp3) is 0.167. The van der Waals surface area contributed by atoms with E-state index in [0.29, 0.717) is 21.3 Å². The van der Waals surface area contributed by atoms with E-state index in [1.807, 2.05) is 0 Å². The Morgan fingerprint density at radius 2 is 2.06 bits per heavy atom. The monoisotopic (exact) mass is 286 g/mol. The molecule has 0 heterocycles. The maximum Gasteiger partial charge on any atom is 0.353 e. The highest BCUT2D eigenvalue weighted by Gasteiger charge is 2.08. The largest absolute Gasteiger partial charge is 0.464 e. The van der Waals surface area contributed by atoms with Crippen LogP contribution in [0.15, 0.2) is 35.0 Å². The zero-order chi connectivity index (χ0) is 13.7. The second-order valence-electron chi connectivity index (χ2n) is 3.33. The van der Waals surface area contributed by atoms with Gasteiger partial charge in [0.1, 0.15) is 5.70 Å². The Bertz CT molecular complexity index is 525. The quantitative estimate of drug-likeness (QED) is 0.527. The third kappa shape index (κ3) is 3.48. The van der Waals surface area contributed by atoms with Crippen LogP contribution in [0, 0.1) is 0 Å². The van der Waals surface area contributed by atoms with Gasteiger partial charge in [0.25, 0.3) is 0 Å². The van der Waals surface area contributed by atoms with Crippen LogP contribution >= 0.6 is 23.2 Å². The van der Waals surface area contributed by atoms with Crippen LogP contribution < -0.4 is 5.73 Å². The molecule has 0 bridgehead atoms. The lowest BCUT2D eigenvalue weighted by molar-refractivity contribution is -0.136. The summed E-state index contributed by atoms with van der Waals surface area (Å²) in [5.41, 5.74) is 6.74. The lowest BCUT2D eigenvalue weighted by Gasteiger charge is -2.04. The molecule has 0 saturated carbocycles. The third-order valence-corrected chi connectivity index (χ3v) is 2.91. The van der Waals surface area contributed by atoms with Gasteiger partial charge in [-0.2, -0.15) is 0 Å². The first-order valence-electron chi connectivity index (χ1n) is 4.97. The molecule has 0 fully saturated rings. The van der Waals surface area contributed by atoms with Crippen LogP contribution in [-0.2, 0) is 9.53 Å². The van der Waals surface area contributed by atoms with Crippen molar-refractivity contribution in [1.82, 2.24) is 0 Å². The van der Waals surface area contributed by atoms with Crippen molar-refractivity contribution in [3.05, 3.63) is 45.6 Å². The van der Waals surface area contributed by atoms with Crippen LogP contribution in [0.5, 0.6) is 0 Å². The molecule has 18 heavy (non-hydrogen) atoms. The number of hydrogen-bond acceptors (Lipinski definition) is 4. The number of halogens is 2. The van der Waals surface area contributed by atoms with Gasteiger partial charge in [-0.05, 0) is 18.2 Å². The van der Waals surface area contributed by atoms with Gasteiger partial charge in [0.05, 0.1) is 22.9 Å². The molecule has 0 saturated heterocycles. The van der Waals surface area contributed by atoms with Gasteiger partial charge in [-0.25, -0.2) is 4.79 Å². The Kier molecular flexibility index (Phi) is 5.19. The molecular weight excluding hydrogens is 275 g/mol. The Balaban J connectivity index is 3.12. The number of rotatable bonds is 3. The average molecular weight is 287 g/mol. The molecule has 1 aromatic carbocycles. The van der Waals surface area contributed by atoms with Crippen molar-refractivity contribution in [3.63, 3.8) is 0 Å². The minimum absolute atomic E-state index is 0.0378. The second-order valence-corrected chi connectivity index (χ2v) is 4.14. The highest BCUT2D eigenvalue weighted by atomic mass is 35.5. The summed E-state index contributed by atoms with van der Waals surface area (Å²) in [7, 11) is 2.84. The molecule has 2 N–H and O–H groups in total. The van der Waals surface area contributed by atoms with Gasteiger partial charge in [-0.3, -0.25) is 4.99 Å². The number of hydrogen-bond donors (Lipinski definition) is 1. The van der Waals surface area contributed by atoms with Crippen LogP contribution in [0.4, 0.5) is 0 Å². The number of allylic oxidation sites excluding steroid dienone is 1. The van der Waals surface area contributed by atoms with E-state index in [1.54, 1.807) is 25.2 Å². The van der Waals surface area contributed by atoms with E-state index in [9.17, 15) is 4.79 Å². The highest BCUT2D eigenvalue weighted by Crippen LogP contribution is 2.23. The molecule has 4 nitrogen and oxygen atoms in total. The smallest absolute Gasteiger partial charge is 0.353 e. The molecule has 0 amide bonds. The first-order chi connectivity index (χ1) is 8.49. The second kappa shape index (κ2) is 6.42. The molecule has 0 atom stereocenters. The Morgan fingerprint density at radius 3 is 2.56 bits per heavy atom. The molecule has 1 aromatic rings. The highest BCUT2D eigenvalue weighted by molar-refractivity contribution is 6.42. The number of carbonyl (C=O) groups excluding carboxylic acids is 1. The van der Waals surface area contributed by atoms with Crippen molar-refractivity contribution in [2.45, 2.75) is 0 Å². The van der Waals surface area contributed by atoms with Gasteiger partial charge in [0.2, 0.25) is 0 Å². The predicted octanol–water partition coefficient (Wildman–Crippen LogP) is 2.43. The van der Waals surface area contributed by atoms with Gasteiger partial charge < -0.3 is 10.5 Å². The van der Waals surface area contributed by atoms with Crippen LogP contribution in [0.25, 0.3) is 0 Å². The topological polar surface area (TPSA) is 64.7 Å². The standard InChI is InChI=1S/C12H12Cl2N2O2/c1-16-11(6-10(15)12(17)18-2)7-3-4-8(13)9(14)5-7/h3-6H,15H2,1-2H3. The van der Waals surface area contributed by atoms with E-state index < -0.39 is 5.97 Å². The summed E-state index contributed by atoms with van der Waals surface area (Å²) >= 11 is 11.7. The molecule has 0 aliphatic heterocycles. The molecule has 0 spiro atoms. The Labute approximate surface area is 115 Å². The number of methoxy groups -OCH3 is 1. The normalized spacial score (nSPS) is 12.4. The van der Waals surface area contributed by atoms with Crippen molar-refractivity contribution in [1.29, 1.82) is 0 Å². The summed E-state index contributed by atoms with van der Waals surface area (Å²) in [5, 5.41) is 0.848. The fourth-order valence-corrected chi connectivity index (χ4v) is 1.55. The molecule has 0 aliphatic rings. The number of esters is 1. The van der Waals surface area contributed by atoms with Gasteiger partial charge in [-0.1, -0.05) is 29.3 Å². The predicted molar refractivity (Wildman–Crippen MR) is 73.2 cm³/mol. The summed E-state index contributed by atoms with van der Waals surface area (Å²) in [4.78, 5) is 15.2. The van der Waals surface area contributed by atoms with Crippen molar-refractivity contribution in [2.75, 3.05) is 14.2 Å². The van der Waals surface area contributed by atoms with Crippen LogP contribution in [0.1, 0.15) is 5.56 Å². The SMILES string of the molecule is CN=C(C=C(N)C(=O)OC)c1ccc(Cl)c(Cl)c1. The molecule has 0 radical (unpaired) electrons. The lowest BCUT2D eigenvalue weighted by atomic mass is 10.1. The summed E-state index contributed by atoms with van der Waals surface area (Å²) in [6, 6.07) is 5.03. The number of nitrogens with two attached hydrogens (primary N) is 1. The average Bonchev–Trinajstić information content (AvgIpc) is 2.38. The molecule has 1 rings (SSSR count). The van der Waals surface area contributed by atoms with Crippen molar-refractivity contribution < 1.29 is 9.53 Å². The summed E-state index contributed by atoms with van der Waals surface area (Å²) in [6.07, 6.45) is 1.42. The van der Waals surface area contributed by atoms with E-state index >= 15 is 0 Å². The number of benzene rings is 1. The zero-order valence-electron chi connectivity index (χ0n) is 9.91. The van der Waals surface area contributed by atoms with E-state index in [2.05, 4.69) is 9.73 Å². The summed E-state index contributed by atoms with van der Waals surface area (Å²) in [5.74, 6) is -0.615. The number of carbonyl (C=O) groups is 1. The Morgan fingerprint density at radius 1 is 1.39 bits per heavy atom. The van der Waals surface area contributed by atoms with Crippen LogP contribution in [0.2, 0.25) is 10.0 Å². The van der Waals surface area contributed by atoms with Gasteiger partial charge in [0, 0.05) is 12.6 Å². The maximum absolute atomic E-state index is 11.2. The van der Waals surface area contributed by atoms with Crippen LogP contribution in [0.3, 0.4) is 0 Å². The van der Waals surface area contributed by atoms with E-state index in [1.165, 1.54) is 13.2 Å². The van der Waals surface area contributed by atoms with E-state index in [-0.39, 0.29) is 5.70 Å². The lowest BCUT2D eigenvalue weighted by Crippen LogP contribution is -2.15. The minimum atomic E-state index is -0.615. The minimum Gasteiger partial charge on any atom is -0.464 e. The molecule has 96 valence electrons. The Hall–Kier alpha value is -1.52. The van der Waals surface area contributed by atoms with Crippen molar-refractivity contribution in [2.24, 2.45) is 10.7 Å². The third-order valence-electron chi connectivity index (χ3n) is 2.17.